The molecule has 1 aromatic heterocycles. The molecule has 1 aromatic carbocycles. The maximum Gasteiger partial charge on any atom is 0.171 e. The molecular formula is C17H16FN3O2. The fraction of sp³-hybridized carbons (Fsp3) is 0.412. The highest BCUT2D eigenvalue weighted by Crippen LogP contribution is 2.36. The second-order valence-corrected chi connectivity index (χ2v) is 5.89. The molecule has 2 aromatic rings. The minimum Gasteiger partial charge on any atom is -0.369 e. The third-order valence-corrected chi connectivity index (χ3v) is 4.58. The number of hydrogen-bond acceptors (Lipinski definition) is 5. The Hall–Kier alpha value is -2.23. The third-order valence-electron chi connectivity index (χ3n) is 4.58. The van der Waals surface area contributed by atoms with Gasteiger partial charge in [0.25, 0.3) is 0 Å². The first-order chi connectivity index (χ1) is 11.2. The number of anilines is 1. The Morgan fingerprint density at radius 1 is 1.22 bits per heavy atom. The second-order valence-electron chi connectivity index (χ2n) is 5.89. The van der Waals surface area contributed by atoms with Crippen LogP contribution in [-0.2, 0) is 9.47 Å². The molecule has 1 spiro atoms. The van der Waals surface area contributed by atoms with E-state index in [1.54, 1.807) is 12.3 Å². The number of aromatic nitrogens is 1. The zero-order valence-electron chi connectivity index (χ0n) is 12.6. The van der Waals surface area contributed by atoms with Crippen LogP contribution in [0.25, 0.3) is 10.9 Å². The minimum absolute atomic E-state index is 0.327. The lowest BCUT2D eigenvalue weighted by molar-refractivity contribution is -0.169. The van der Waals surface area contributed by atoms with Crippen LogP contribution in [-0.4, -0.2) is 37.1 Å². The van der Waals surface area contributed by atoms with Crippen LogP contribution in [0.2, 0.25) is 0 Å². The molecule has 2 aliphatic rings. The molecule has 23 heavy (non-hydrogen) atoms. The van der Waals surface area contributed by atoms with E-state index in [-0.39, 0.29) is 5.82 Å². The van der Waals surface area contributed by atoms with Crippen molar-refractivity contribution in [1.82, 2.24) is 4.98 Å². The van der Waals surface area contributed by atoms with E-state index in [2.05, 4.69) is 16.0 Å². The molecule has 0 aliphatic carbocycles. The van der Waals surface area contributed by atoms with Gasteiger partial charge in [-0.1, -0.05) is 0 Å². The lowest BCUT2D eigenvalue weighted by Gasteiger charge is -2.39. The summed E-state index contributed by atoms with van der Waals surface area (Å²) in [6, 6.07) is 6.65. The molecule has 2 aliphatic heterocycles. The van der Waals surface area contributed by atoms with E-state index in [9.17, 15) is 9.65 Å². The van der Waals surface area contributed by atoms with Crippen molar-refractivity contribution in [3.8, 4) is 6.07 Å². The van der Waals surface area contributed by atoms with E-state index >= 15 is 0 Å². The number of halogens is 1. The van der Waals surface area contributed by atoms with E-state index < -0.39 is 5.79 Å². The normalized spacial score (nSPS) is 20.1. The van der Waals surface area contributed by atoms with Gasteiger partial charge in [-0.15, -0.1) is 0 Å². The molecule has 2 fully saturated rings. The third kappa shape index (κ3) is 2.42. The van der Waals surface area contributed by atoms with Crippen LogP contribution in [0.15, 0.2) is 24.4 Å². The average molecular weight is 313 g/mol. The molecule has 0 unspecified atom stereocenters. The fourth-order valence-electron chi connectivity index (χ4n) is 3.43. The van der Waals surface area contributed by atoms with Crippen LogP contribution in [0.1, 0.15) is 18.4 Å². The van der Waals surface area contributed by atoms with Crippen molar-refractivity contribution in [1.29, 1.82) is 5.26 Å². The van der Waals surface area contributed by atoms with Crippen LogP contribution < -0.4 is 4.90 Å². The molecule has 0 N–H and O–H groups in total. The number of rotatable bonds is 1. The highest BCUT2D eigenvalue weighted by molar-refractivity contribution is 5.94. The Bertz CT molecular complexity index is 786. The molecule has 118 valence electrons. The maximum absolute atomic E-state index is 13.7. The molecule has 0 bridgehead atoms. The highest BCUT2D eigenvalue weighted by atomic mass is 19.1. The largest absolute Gasteiger partial charge is 0.369 e. The van der Waals surface area contributed by atoms with E-state index in [0.717, 1.165) is 18.5 Å². The predicted octanol–water partition coefficient (Wildman–Crippen LogP) is 2.59. The second kappa shape index (κ2) is 5.44. The van der Waals surface area contributed by atoms with Gasteiger partial charge in [0, 0.05) is 37.5 Å². The van der Waals surface area contributed by atoms with Crippen molar-refractivity contribution in [2.75, 3.05) is 31.2 Å². The van der Waals surface area contributed by atoms with Gasteiger partial charge in [-0.05, 0) is 18.2 Å². The summed E-state index contributed by atoms with van der Waals surface area (Å²) in [6.07, 6.45) is 3.02. The number of nitrogens with zero attached hydrogens (tertiary/aromatic N) is 3. The number of nitriles is 1. The maximum atomic E-state index is 13.7. The number of pyridine rings is 1. The topological polar surface area (TPSA) is 58.4 Å². The molecule has 0 atom stereocenters. The molecule has 6 heteroatoms. The summed E-state index contributed by atoms with van der Waals surface area (Å²) in [5.41, 5.74) is 1.91. The van der Waals surface area contributed by atoms with Crippen molar-refractivity contribution < 1.29 is 13.9 Å². The highest BCUT2D eigenvalue weighted by Gasteiger charge is 2.40. The Morgan fingerprint density at radius 3 is 2.65 bits per heavy atom. The van der Waals surface area contributed by atoms with Crippen molar-refractivity contribution >= 4 is 16.6 Å². The lowest BCUT2D eigenvalue weighted by atomic mass is 10.0. The quantitative estimate of drug-likeness (QED) is 0.810. The Morgan fingerprint density at radius 2 is 1.96 bits per heavy atom. The summed E-state index contributed by atoms with van der Waals surface area (Å²) in [5.74, 6) is -0.802. The van der Waals surface area contributed by atoms with Gasteiger partial charge in [0.15, 0.2) is 5.79 Å². The van der Waals surface area contributed by atoms with Gasteiger partial charge in [0.05, 0.1) is 30.0 Å². The summed E-state index contributed by atoms with van der Waals surface area (Å²) < 4.78 is 25.2. The minimum atomic E-state index is -0.475. The molecular weight excluding hydrogens is 297 g/mol. The molecule has 0 saturated carbocycles. The van der Waals surface area contributed by atoms with Crippen LogP contribution >= 0.6 is 0 Å². The van der Waals surface area contributed by atoms with E-state index in [1.165, 1.54) is 12.1 Å². The molecule has 4 rings (SSSR count). The van der Waals surface area contributed by atoms with Crippen LogP contribution in [0.5, 0.6) is 0 Å². The zero-order valence-corrected chi connectivity index (χ0v) is 12.6. The van der Waals surface area contributed by atoms with Crippen molar-refractivity contribution in [3.63, 3.8) is 0 Å². The van der Waals surface area contributed by atoms with Gasteiger partial charge >= 0.3 is 0 Å². The summed E-state index contributed by atoms with van der Waals surface area (Å²) in [5, 5.41) is 10.1. The number of hydrogen-bond donors (Lipinski definition) is 0. The van der Waals surface area contributed by atoms with Crippen LogP contribution in [0.4, 0.5) is 10.1 Å². The Kier molecular flexibility index (Phi) is 3.40. The van der Waals surface area contributed by atoms with Gasteiger partial charge in [-0.2, -0.15) is 5.26 Å². The van der Waals surface area contributed by atoms with Crippen molar-refractivity contribution in [2.24, 2.45) is 0 Å². The van der Waals surface area contributed by atoms with E-state index in [4.69, 9.17) is 9.47 Å². The average Bonchev–Trinajstić information content (AvgIpc) is 3.03. The summed E-state index contributed by atoms with van der Waals surface area (Å²) in [6.45, 7) is 2.66. The van der Waals surface area contributed by atoms with Crippen molar-refractivity contribution in [3.05, 3.63) is 35.8 Å². The standard InChI is InChI=1S/C17H16FN3O2/c18-13-1-2-15-14(9-13)16(12(10-19)11-20-15)21-5-3-17(4-6-21)22-7-8-23-17/h1-2,9,11H,3-8H2. The number of ether oxygens (including phenoxy) is 2. The van der Waals surface area contributed by atoms with Crippen LogP contribution in [0.3, 0.4) is 0 Å². The van der Waals surface area contributed by atoms with Crippen LogP contribution in [0, 0.1) is 17.1 Å². The predicted molar refractivity (Wildman–Crippen MR) is 82.5 cm³/mol. The van der Waals surface area contributed by atoms with Gasteiger partial charge < -0.3 is 14.4 Å². The van der Waals surface area contributed by atoms with Gasteiger partial charge in [-0.25, -0.2) is 4.39 Å². The number of piperidine rings is 1. The number of fused-ring (bicyclic) bond motifs is 1. The van der Waals surface area contributed by atoms with Gasteiger partial charge in [0.1, 0.15) is 11.9 Å². The zero-order chi connectivity index (χ0) is 15.9. The van der Waals surface area contributed by atoms with E-state index in [0.29, 0.717) is 42.8 Å². The fourth-order valence-corrected chi connectivity index (χ4v) is 3.43. The Balaban J connectivity index is 1.73. The first-order valence-corrected chi connectivity index (χ1v) is 7.72. The van der Waals surface area contributed by atoms with E-state index in [1.807, 2.05) is 0 Å². The number of benzene rings is 1. The van der Waals surface area contributed by atoms with Gasteiger partial charge in [0.2, 0.25) is 0 Å². The first kappa shape index (κ1) is 14.4. The lowest BCUT2D eigenvalue weighted by Crippen LogP contribution is -2.45. The smallest absolute Gasteiger partial charge is 0.171 e. The monoisotopic (exact) mass is 313 g/mol. The van der Waals surface area contributed by atoms with Crippen molar-refractivity contribution in [2.45, 2.75) is 18.6 Å². The molecule has 5 nitrogen and oxygen atoms in total. The summed E-state index contributed by atoms with van der Waals surface area (Å²) >= 11 is 0. The van der Waals surface area contributed by atoms with Gasteiger partial charge in [-0.3, -0.25) is 4.98 Å². The summed E-state index contributed by atoms with van der Waals surface area (Å²) in [4.78, 5) is 6.36. The summed E-state index contributed by atoms with van der Waals surface area (Å²) in [7, 11) is 0. The molecule has 3 heterocycles. The molecule has 2 saturated heterocycles. The SMILES string of the molecule is N#Cc1cnc2ccc(F)cc2c1N1CCC2(CC1)OCCO2. The molecule has 0 amide bonds. The Labute approximate surface area is 133 Å². The molecule has 0 radical (unpaired) electrons. The first-order valence-electron chi connectivity index (χ1n) is 7.72.